The number of carbonyl (C=O) groups excluding carboxylic acids is 1. The Morgan fingerprint density at radius 1 is 1.23 bits per heavy atom. The van der Waals surface area contributed by atoms with E-state index in [0.717, 1.165) is 18.4 Å². The van der Waals surface area contributed by atoms with E-state index in [9.17, 15) is 4.79 Å². The summed E-state index contributed by atoms with van der Waals surface area (Å²) in [5, 5.41) is 4.04. The van der Waals surface area contributed by atoms with E-state index in [1.807, 2.05) is 0 Å². The van der Waals surface area contributed by atoms with E-state index < -0.39 is 0 Å². The van der Waals surface area contributed by atoms with Crippen molar-refractivity contribution in [1.82, 2.24) is 10.3 Å². The molecule has 1 aliphatic carbocycles. The minimum absolute atomic E-state index is 0.0890. The van der Waals surface area contributed by atoms with Crippen molar-refractivity contribution < 1.29 is 9.53 Å². The third-order valence-corrected chi connectivity index (χ3v) is 5.38. The Hall–Kier alpha value is -1.78. The number of carbonyl (C=O) groups is 1. The van der Waals surface area contributed by atoms with Crippen molar-refractivity contribution in [3.63, 3.8) is 0 Å². The van der Waals surface area contributed by atoms with Gasteiger partial charge in [0.05, 0.1) is 15.6 Å². The number of para-hydroxylation sites is 1. The van der Waals surface area contributed by atoms with Crippen LogP contribution in [0.4, 0.5) is 0 Å². The van der Waals surface area contributed by atoms with Crippen molar-refractivity contribution >= 4 is 29.1 Å². The first-order valence-corrected chi connectivity index (χ1v) is 9.62. The van der Waals surface area contributed by atoms with E-state index in [4.69, 9.17) is 27.9 Å². The zero-order chi connectivity index (χ0) is 18.5. The van der Waals surface area contributed by atoms with Crippen molar-refractivity contribution in [2.24, 2.45) is 5.92 Å². The predicted molar refractivity (Wildman–Crippen MR) is 104 cm³/mol. The van der Waals surface area contributed by atoms with Gasteiger partial charge in [-0.3, -0.25) is 9.78 Å². The van der Waals surface area contributed by atoms with Crippen molar-refractivity contribution in [2.75, 3.05) is 0 Å². The number of pyridine rings is 1. The summed E-state index contributed by atoms with van der Waals surface area (Å²) < 4.78 is 5.72. The number of benzene rings is 1. The van der Waals surface area contributed by atoms with E-state index in [1.54, 1.807) is 36.7 Å². The third kappa shape index (κ3) is 4.68. The van der Waals surface area contributed by atoms with Crippen molar-refractivity contribution in [3.8, 4) is 5.75 Å². The van der Waals surface area contributed by atoms with Crippen LogP contribution in [0.25, 0.3) is 0 Å². The van der Waals surface area contributed by atoms with Gasteiger partial charge in [0, 0.05) is 24.0 Å². The van der Waals surface area contributed by atoms with Gasteiger partial charge in [-0.25, -0.2) is 0 Å². The smallest absolute Gasteiger partial charge is 0.253 e. The van der Waals surface area contributed by atoms with Gasteiger partial charge < -0.3 is 10.1 Å². The van der Waals surface area contributed by atoms with Crippen LogP contribution in [0.1, 0.15) is 48.5 Å². The van der Waals surface area contributed by atoms with Crippen molar-refractivity contribution in [1.29, 1.82) is 0 Å². The van der Waals surface area contributed by atoms with Gasteiger partial charge >= 0.3 is 0 Å². The van der Waals surface area contributed by atoms with Gasteiger partial charge in [-0.1, -0.05) is 49.0 Å². The molecule has 0 bridgehead atoms. The van der Waals surface area contributed by atoms with Crippen LogP contribution in [0.5, 0.6) is 5.75 Å². The molecule has 6 heteroatoms. The molecule has 3 rings (SSSR count). The maximum Gasteiger partial charge on any atom is 0.253 e. The lowest BCUT2D eigenvalue weighted by Gasteiger charge is -2.29. The Kier molecular flexibility index (Phi) is 6.38. The monoisotopic (exact) mass is 392 g/mol. The van der Waals surface area contributed by atoms with E-state index in [-0.39, 0.29) is 18.6 Å². The molecule has 0 spiro atoms. The average Bonchev–Trinajstić information content (AvgIpc) is 2.63. The van der Waals surface area contributed by atoms with Gasteiger partial charge in [-0.15, -0.1) is 0 Å². The molecular formula is C20H22Cl2N2O2. The molecule has 4 nitrogen and oxygen atoms in total. The molecule has 2 unspecified atom stereocenters. The summed E-state index contributed by atoms with van der Waals surface area (Å²) in [6.45, 7) is 2.43. The first kappa shape index (κ1) is 19.0. The number of amides is 1. The van der Waals surface area contributed by atoms with Gasteiger partial charge in [0.15, 0.2) is 5.75 Å². The van der Waals surface area contributed by atoms with Gasteiger partial charge in [0.25, 0.3) is 5.91 Å². The molecule has 0 saturated heterocycles. The zero-order valence-electron chi connectivity index (χ0n) is 14.7. The first-order valence-electron chi connectivity index (χ1n) is 8.86. The number of aromatic nitrogens is 1. The van der Waals surface area contributed by atoms with E-state index in [2.05, 4.69) is 17.2 Å². The molecule has 1 amide bonds. The first-order chi connectivity index (χ1) is 12.5. The number of nitrogens with zero attached hydrogens (tertiary/aromatic N) is 1. The van der Waals surface area contributed by atoms with Crippen LogP contribution in [0.3, 0.4) is 0 Å². The molecule has 1 fully saturated rings. The lowest BCUT2D eigenvalue weighted by Crippen LogP contribution is -2.41. The molecule has 1 heterocycles. The summed E-state index contributed by atoms with van der Waals surface area (Å²) in [7, 11) is 0. The summed E-state index contributed by atoms with van der Waals surface area (Å²) in [5.74, 6) is 0.852. The SMILES string of the molecule is CC1CCCCC1NC(=O)c1cncc(COc2c(Cl)cccc2Cl)c1. The van der Waals surface area contributed by atoms with Gasteiger partial charge in [-0.05, 0) is 37.0 Å². The Morgan fingerprint density at radius 2 is 1.96 bits per heavy atom. The Morgan fingerprint density at radius 3 is 2.69 bits per heavy atom. The molecule has 138 valence electrons. The summed E-state index contributed by atoms with van der Waals surface area (Å²) in [5.41, 5.74) is 1.32. The van der Waals surface area contributed by atoms with E-state index in [1.165, 1.54) is 12.8 Å². The highest BCUT2D eigenvalue weighted by atomic mass is 35.5. The summed E-state index contributed by atoms with van der Waals surface area (Å²) in [4.78, 5) is 16.7. The highest BCUT2D eigenvalue weighted by molar-refractivity contribution is 6.37. The zero-order valence-corrected chi connectivity index (χ0v) is 16.2. The van der Waals surface area contributed by atoms with Crippen LogP contribution in [0.15, 0.2) is 36.7 Å². The Balaban J connectivity index is 1.65. The summed E-state index contributed by atoms with van der Waals surface area (Å²) >= 11 is 12.2. The maximum absolute atomic E-state index is 12.6. The number of hydrogen-bond donors (Lipinski definition) is 1. The van der Waals surface area contributed by atoms with Crippen LogP contribution in [0, 0.1) is 5.92 Å². The highest BCUT2D eigenvalue weighted by Crippen LogP contribution is 2.33. The third-order valence-electron chi connectivity index (χ3n) is 4.79. The molecule has 26 heavy (non-hydrogen) atoms. The van der Waals surface area contributed by atoms with E-state index >= 15 is 0 Å². The minimum atomic E-state index is -0.0890. The summed E-state index contributed by atoms with van der Waals surface area (Å²) in [6.07, 6.45) is 7.86. The van der Waals surface area contributed by atoms with Crippen molar-refractivity contribution in [2.45, 2.75) is 45.3 Å². The molecular weight excluding hydrogens is 371 g/mol. The second-order valence-electron chi connectivity index (χ2n) is 6.76. The van der Waals surface area contributed by atoms with E-state index in [0.29, 0.717) is 27.3 Å². The predicted octanol–water partition coefficient (Wildman–Crippen LogP) is 5.28. The van der Waals surface area contributed by atoms with Gasteiger partial charge in [0.1, 0.15) is 6.61 Å². The standard InChI is InChI=1S/C20H22Cl2N2O2/c1-13-5-2-3-8-18(13)24-20(25)15-9-14(10-23-11-15)12-26-19-16(21)6-4-7-17(19)22/h4,6-7,9-11,13,18H,2-3,5,8,12H2,1H3,(H,24,25). The number of hydrogen-bond acceptors (Lipinski definition) is 3. The molecule has 2 aromatic rings. The highest BCUT2D eigenvalue weighted by Gasteiger charge is 2.23. The van der Waals surface area contributed by atoms with Crippen LogP contribution in [-0.2, 0) is 6.61 Å². The molecule has 0 radical (unpaired) electrons. The van der Waals surface area contributed by atoms with Crippen LogP contribution in [0.2, 0.25) is 10.0 Å². The van der Waals surface area contributed by atoms with Gasteiger partial charge in [-0.2, -0.15) is 0 Å². The molecule has 1 aromatic heterocycles. The van der Waals surface area contributed by atoms with Crippen LogP contribution >= 0.6 is 23.2 Å². The molecule has 1 aromatic carbocycles. The number of ether oxygens (including phenoxy) is 1. The number of halogens is 2. The molecule has 1 saturated carbocycles. The quantitative estimate of drug-likeness (QED) is 0.752. The topological polar surface area (TPSA) is 51.2 Å². The fraction of sp³-hybridized carbons (Fsp3) is 0.400. The molecule has 2 atom stereocenters. The summed E-state index contributed by atoms with van der Waals surface area (Å²) in [6, 6.07) is 7.22. The second-order valence-corrected chi connectivity index (χ2v) is 7.58. The Bertz CT molecular complexity index is 762. The normalized spacial score (nSPS) is 19.8. The lowest BCUT2D eigenvalue weighted by molar-refractivity contribution is 0.0909. The molecule has 0 aliphatic heterocycles. The molecule has 1 aliphatic rings. The molecule has 1 N–H and O–H groups in total. The number of nitrogens with one attached hydrogen (secondary N) is 1. The average molecular weight is 393 g/mol. The van der Waals surface area contributed by atoms with Crippen LogP contribution < -0.4 is 10.1 Å². The maximum atomic E-state index is 12.6. The van der Waals surface area contributed by atoms with Crippen molar-refractivity contribution in [3.05, 3.63) is 57.8 Å². The largest absolute Gasteiger partial charge is 0.486 e. The Labute approximate surface area is 163 Å². The fourth-order valence-electron chi connectivity index (χ4n) is 3.25. The number of rotatable bonds is 5. The second kappa shape index (κ2) is 8.74. The van der Waals surface area contributed by atoms with Gasteiger partial charge in [0.2, 0.25) is 0 Å². The van der Waals surface area contributed by atoms with Crippen LogP contribution in [-0.4, -0.2) is 16.9 Å². The minimum Gasteiger partial charge on any atom is -0.486 e. The lowest BCUT2D eigenvalue weighted by atomic mass is 9.86. The fourth-order valence-corrected chi connectivity index (χ4v) is 3.76.